The second-order valence-electron chi connectivity index (χ2n) is 5.54. The molecule has 2 aromatic carbocycles. The monoisotopic (exact) mass is 412 g/mol. The van der Waals surface area contributed by atoms with Gasteiger partial charge in [-0.05, 0) is 59.9 Å². The van der Waals surface area contributed by atoms with Gasteiger partial charge in [0.05, 0.1) is 12.0 Å². The van der Waals surface area contributed by atoms with Crippen molar-refractivity contribution in [3.63, 3.8) is 0 Å². The minimum atomic E-state index is -3.60. The van der Waals surface area contributed by atoms with Gasteiger partial charge in [0.25, 0.3) is 0 Å². The van der Waals surface area contributed by atoms with Gasteiger partial charge in [0, 0.05) is 17.1 Å². The van der Waals surface area contributed by atoms with Crippen molar-refractivity contribution in [2.75, 3.05) is 27.7 Å². The van der Waals surface area contributed by atoms with Crippen molar-refractivity contribution >= 4 is 26.0 Å². The average Bonchev–Trinajstić information content (AvgIpc) is 2.55. The number of halogens is 1. The Kier molecular flexibility index (Phi) is 6.40. The van der Waals surface area contributed by atoms with E-state index in [0.29, 0.717) is 4.47 Å². The van der Waals surface area contributed by atoms with Crippen LogP contribution in [0.15, 0.2) is 57.9 Å². The Bertz CT molecular complexity index is 794. The molecular weight excluding hydrogens is 392 g/mol. The highest BCUT2D eigenvalue weighted by atomic mass is 79.9. The van der Waals surface area contributed by atoms with E-state index in [9.17, 15) is 8.42 Å². The predicted octanol–water partition coefficient (Wildman–Crippen LogP) is 3.04. The summed E-state index contributed by atoms with van der Waals surface area (Å²) in [6, 6.07) is 14.3. The second kappa shape index (κ2) is 8.11. The van der Waals surface area contributed by atoms with Crippen LogP contribution in [0.2, 0.25) is 0 Å². The normalized spacial score (nSPS) is 13.0. The van der Waals surface area contributed by atoms with Gasteiger partial charge in [-0.2, -0.15) is 0 Å². The zero-order valence-electron chi connectivity index (χ0n) is 13.9. The summed E-state index contributed by atoms with van der Waals surface area (Å²) in [6.07, 6.45) is 0. The van der Waals surface area contributed by atoms with Crippen molar-refractivity contribution in [1.82, 2.24) is 9.62 Å². The molecule has 0 fully saturated rings. The van der Waals surface area contributed by atoms with Crippen LogP contribution in [-0.4, -0.2) is 41.1 Å². The van der Waals surface area contributed by atoms with Gasteiger partial charge in [-0.3, -0.25) is 0 Å². The second-order valence-corrected chi connectivity index (χ2v) is 8.13. The van der Waals surface area contributed by atoms with Gasteiger partial charge in [-0.25, -0.2) is 13.1 Å². The van der Waals surface area contributed by atoms with Gasteiger partial charge in [-0.15, -0.1) is 0 Å². The number of rotatable bonds is 7. The molecule has 1 N–H and O–H groups in total. The molecule has 0 radical (unpaired) electrons. The Morgan fingerprint density at radius 1 is 1.17 bits per heavy atom. The summed E-state index contributed by atoms with van der Waals surface area (Å²) in [5.41, 5.74) is 0.981. The summed E-state index contributed by atoms with van der Waals surface area (Å²) >= 11 is 3.29. The van der Waals surface area contributed by atoms with Crippen LogP contribution in [0.4, 0.5) is 0 Å². The standard InChI is InChI=1S/C17H21BrN2O3S/c1-20(2)16(13-7-6-8-14(11-13)23-3)12-19-24(21,22)17-10-5-4-9-15(17)18/h4-11,16,19H,12H2,1-3H3. The van der Waals surface area contributed by atoms with E-state index in [1.165, 1.54) is 0 Å². The topological polar surface area (TPSA) is 58.6 Å². The van der Waals surface area contributed by atoms with Crippen LogP contribution in [-0.2, 0) is 10.0 Å². The van der Waals surface area contributed by atoms with Crippen molar-refractivity contribution in [3.8, 4) is 5.75 Å². The Labute approximate surface area is 151 Å². The number of likely N-dealkylation sites (N-methyl/N-ethyl adjacent to an activating group) is 1. The molecule has 1 atom stereocenters. The minimum absolute atomic E-state index is 0.114. The lowest BCUT2D eigenvalue weighted by Gasteiger charge is -2.25. The van der Waals surface area contributed by atoms with Crippen molar-refractivity contribution in [1.29, 1.82) is 0 Å². The van der Waals surface area contributed by atoms with E-state index in [0.717, 1.165) is 11.3 Å². The fraction of sp³-hybridized carbons (Fsp3) is 0.294. The van der Waals surface area contributed by atoms with Crippen molar-refractivity contribution in [3.05, 3.63) is 58.6 Å². The Morgan fingerprint density at radius 2 is 1.88 bits per heavy atom. The van der Waals surface area contributed by atoms with Crippen LogP contribution in [0.3, 0.4) is 0 Å². The van der Waals surface area contributed by atoms with Crippen molar-refractivity contribution < 1.29 is 13.2 Å². The third kappa shape index (κ3) is 4.57. The molecule has 130 valence electrons. The molecule has 0 aliphatic carbocycles. The van der Waals surface area contributed by atoms with Gasteiger partial charge < -0.3 is 9.64 Å². The molecule has 0 heterocycles. The van der Waals surface area contributed by atoms with E-state index in [1.54, 1.807) is 31.4 Å². The summed E-state index contributed by atoms with van der Waals surface area (Å²) in [6.45, 7) is 0.254. The maximum Gasteiger partial charge on any atom is 0.241 e. The van der Waals surface area contributed by atoms with Crippen LogP contribution >= 0.6 is 15.9 Å². The summed E-state index contributed by atoms with van der Waals surface area (Å²) in [5, 5.41) is 0. The molecule has 2 aromatic rings. The van der Waals surface area contributed by atoms with E-state index in [4.69, 9.17) is 4.74 Å². The number of methoxy groups -OCH3 is 1. The maximum absolute atomic E-state index is 12.6. The molecule has 0 spiro atoms. The molecule has 7 heteroatoms. The average molecular weight is 413 g/mol. The number of ether oxygens (including phenoxy) is 1. The largest absolute Gasteiger partial charge is 0.497 e. The lowest BCUT2D eigenvalue weighted by atomic mass is 10.1. The number of hydrogen-bond donors (Lipinski definition) is 1. The van der Waals surface area contributed by atoms with Crippen molar-refractivity contribution in [2.24, 2.45) is 0 Å². The molecule has 0 aliphatic heterocycles. The Morgan fingerprint density at radius 3 is 2.50 bits per heavy atom. The number of nitrogens with zero attached hydrogens (tertiary/aromatic N) is 1. The fourth-order valence-corrected chi connectivity index (χ4v) is 4.42. The number of benzene rings is 2. The maximum atomic E-state index is 12.6. The summed E-state index contributed by atoms with van der Waals surface area (Å²) in [7, 11) is 1.84. The van der Waals surface area contributed by atoms with Crippen LogP contribution in [0.25, 0.3) is 0 Å². The van der Waals surface area contributed by atoms with Crippen LogP contribution in [0.5, 0.6) is 5.75 Å². The highest BCUT2D eigenvalue weighted by Gasteiger charge is 2.21. The molecule has 0 amide bonds. The Balaban J connectivity index is 2.21. The predicted molar refractivity (Wildman–Crippen MR) is 98.8 cm³/mol. The number of hydrogen-bond acceptors (Lipinski definition) is 4. The molecule has 0 bridgehead atoms. The zero-order valence-corrected chi connectivity index (χ0v) is 16.3. The first kappa shape index (κ1) is 18.9. The highest BCUT2D eigenvalue weighted by molar-refractivity contribution is 9.10. The van der Waals surface area contributed by atoms with Crippen LogP contribution in [0.1, 0.15) is 11.6 Å². The summed E-state index contributed by atoms with van der Waals surface area (Å²) in [4.78, 5) is 2.20. The van der Waals surface area contributed by atoms with E-state index in [-0.39, 0.29) is 17.5 Å². The van der Waals surface area contributed by atoms with Gasteiger partial charge in [-0.1, -0.05) is 24.3 Å². The first-order valence-corrected chi connectivity index (χ1v) is 9.67. The van der Waals surface area contributed by atoms with E-state index in [2.05, 4.69) is 20.7 Å². The van der Waals surface area contributed by atoms with Crippen LogP contribution < -0.4 is 9.46 Å². The molecule has 5 nitrogen and oxygen atoms in total. The van der Waals surface area contributed by atoms with Gasteiger partial charge in [0.1, 0.15) is 5.75 Å². The lowest BCUT2D eigenvalue weighted by Crippen LogP contribution is -2.34. The summed E-state index contributed by atoms with van der Waals surface area (Å²) < 4.78 is 33.6. The molecule has 2 rings (SSSR count). The fourth-order valence-electron chi connectivity index (χ4n) is 2.38. The van der Waals surface area contributed by atoms with Gasteiger partial charge in [0.15, 0.2) is 0 Å². The van der Waals surface area contributed by atoms with E-state index in [1.807, 2.05) is 43.3 Å². The molecule has 0 saturated carbocycles. The third-order valence-corrected chi connectivity index (χ3v) is 6.13. The molecular formula is C17H21BrN2O3S. The lowest BCUT2D eigenvalue weighted by molar-refractivity contribution is 0.298. The molecule has 24 heavy (non-hydrogen) atoms. The minimum Gasteiger partial charge on any atom is -0.497 e. The van der Waals surface area contributed by atoms with Crippen molar-refractivity contribution in [2.45, 2.75) is 10.9 Å². The van der Waals surface area contributed by atoms with Crippen LogP contribution in [0, 0.1) is 0 Å². The smallest absolute Gasteiger partial charge is 0.241 e. The zero-order chi connectivity index (χ0) is 17.7. The first-order valence-electron chi connectivity index (χ1n) is 7.39. The SMILES string of the molecule is COc1cccc(C(CNS(=O)(=O)c2ccccc2Br)N(C)C)c1. The number of nitrogens with one attached hydrogen (secondary N) is 1. The quantitative estimate of drug-likeness (QED) is 0.758. The molecule has 1 unspecified atom stereocenters. The number of sulfonamides is 1. The van der Waals surface area contributed by atoms with E-state index >= 15 is 0 Å². The first-order chi connectivity index (χ1) is 11.3. The van der Waals surface area contributed by atoms with E-state index < -0.39 is 10.0 Å². The molecule has 0 saturated heterocycles. The highest BCUT2D eigenvalue weighted by Crippen LogP contribution is 2.24. The van der Waals surface area contributed by atoms with Gasteiger partial charge in [0.2, 0.25) is 10.0 Å². The van der Waals surface area contributed by atoms with Gasteiger partial charge >= 0.3 is 0 Å². The third-order valence-electron chi connectivity index (χ3n) is 3.69. The summed E-state index contributed by atoms with van der Waals surface area (Å²) in [5.74, 6) is 0.744. The Hall–Kier alpha value is -1.41. The molecule has 0 aromatic heterocycles. The molecule has 0 aliphatic rings.